The van der Waals surface area contributed by atoms with Crippen LogP contribution in [0.25, 0.3) is 0 Å². The Bertz CT molecular complexity index is 561. The molecule has 1 saturated carbocycles. The maximum atomic E-state index is 6.24. The zero-order chi connectivity index (χ0) is 13.4. The Hall–Kier alpha value is -1.37. The van der Waals surface area contributed by atoms with E-state index in [0.29, 0.717) is 6.10 Å². The smallest absolute Gasteiger partial charge is 0.250 e. The van der Waals surface area contributed by atoms with Crippen molar-refractivity contribution in [2.75, 3.05) is 0 Å². The highest BCUT2D eigenvalue weighted by Gasteiger charge is 2.35. The molecule has 0 amide bonds. The molecule has 1 aliphatic heterocycles. The van der Waals surface area contributed by atoms with Gasteiger partial charge in [0.05, 0.1) is 17.6 Å². The maximum Gasteiger partial charge on any atom is 0.328 e. The van der Waals surface area contributed by atoms with Crippen molar-refractivity contribution in [3.8, 4) is 0 Å². The van der Waals surface area contributed by atoms with Crippen LogP contribution in [0.5, 0.6) is 0 Å². The van der Waals surface area contributed by atoms with Gasteiger partial charge in [-0.3, -0.25) is 4.42 Å². The van der Waals surface area contributed by atoms with Crippen LogP contribution in [0.1, 0.15) is 57.8 Å². The van der Waals surface area contributed by atoms with Gasteiger partial charge in [0, 0.05) is 6.42 Å². The number of allylic oxidation sites excluding steroid dienone is 6. The Morgan fingerprint density at radius 1 is 0.950 bits per heavy atom. The van der Waals surface area contributed by atoms with E-state index in [1.165, 1.54) is 61.9 Å². The quantitative estimate of drug-likeness (QED) is 0.562. The van der Waals surface area contributed by atoms with E-state index >= 15 is 0 Å². The first-order chi connectivity index (χ1) is 9.90. The first kappa shape index (κ1) is 12.4. The van der Waals surface area contributed by atoms with Gasteiger partial charge in [-0.1, -0.05) is 18.1 Å². The van der Waals surface area contributed by atoms with Crippen molar-refractivity contribution in [3.63, 3.8) is 0 Å². The number of ketones is 1. The van der Waals surface area contributed by atoms with Crippen LogP contribution in [-0.2, 0) is 4.42 Å². The summed E-state index contributed by atoms with van der Waals surface area (Å²) in [5.74, 6) is 1.23. The van der Waals surface area contributed by atoms with Gasteiger partial charge in [-0.15, -0.1) is 0 Å². The lowest BCUT2D eigenvalue weighted by Gasteiger charge is -2.23. The molecule has 3 aliphatic carbocycles. The summed E-state index contributed by atoms with van der Waals surface area (Å²) in [5.41, 5.74) is 6.08. The Labute approximate surface area is 121 Å². The average Bonchev–Trinajstić information content (AvgIpc) is 2.53. The lowest BCUT2D eigenvalue weighted by Crippen LogP contribution is -2.25. The Kier molecular flexibility index (Phi) is 3.22. The van der Waals surface area contributed by atoms with Crippen LogP contribution in [-0.4, -0.2) is 11.9 Å². The average molecular weight is 267 g/mol. The highest BCUT2D eigenvalue weighted by atomic mass is 16.4. The lowest BCUT2D eigenvalue weighted by molar-refractivity contribution is -0.494. The van der Waals surface area contributed by atoms with E-state index in [2.05, 4.69) is 24.3 Å². The highest BCUT2D eigenvalue weighted by Crippen LogP contribution is 2.35. The van der Waals surface area contributed by atoms with E-state index in [9.17, 15) is 0 Å². The fraction of sp³-hybridized carbons (Fsp3) is 0.526. The third kappa shape index (κ3) is 2.24. The Morgan fingerprint density at radius 2 is 1.85 bits per heavy atom. The summed E-state index contributed by atoms with van der Waals surface area (Å²) >= 11 is 0. The van der Waals surface area contributed by atoms with Gasteiger partial charge in [0.25, 0.3) is 6.10 Å². The van der Waals surface area contributed by atoms with Gasteiger partial charge < -0.3 is 0 Å². The molecule has 1 nitrogen and oxygen atoms in total. The van der Waals surface area contributed by atoms with Crippen LogP contribution < -0.4 is 0 Å². The first-order valence-corrected chi connectivity index (χ1v) is 8.24. The molecule has 0 aromatic heterocycles. The monoisotopic (exact) mass is 267 g/mol. The molecule has 1 atom stereocenters. The van der Waals surface area contributed by atoms with Crippen molar-refractivity contribution in [1.29, 1.82) is 0 Å². The topological polar surface area (TPSA) is 11.3 Å². The molecule has 1 heterocycles. The minimum Gasteiger partial charge on any atom is -0.250 e. The number of fused-ring (bicyclic) bond motifs is 2. The number of carbonyl (C=O) groups excluding carboxylic acids is 1. The van der Waals surface area contributed by atoms with Crippen molar-refractivity contribution in [1.82, 2.24) is 0 Å². The molecular weight excluding hydrogens is 244 g/mol. The summed E-state index contributed by atoms with van der Waals surface area (Å²) in [5, 5.41) is 0. The zero-order valence-electron chi connectivity index (χ0n) is 12.2. The summed E-state index contributed by atoms with van der Waals surface area (Å²) in [6, 6.07) is 0. The molecule has 1 fully saturated rings. The second-order valence-corrected chi connectivity index (χ2v) is 6.44. The standard InChI is InChI=1S/C19H23O/c1-2-6-14(7-3-1)15-10-11-19-17(12-15)13-16-8-4-5-9-18(16)20-19/h4,8,12-13,19H,1-3,5-7,9-11H2/q+1. The van der Waals surface area contributed by atoms with E-state index in [-0.39, 0.29) is 0 Å². The largest absolute Gasteiger partial charge is 0.328 e. The highest BCUT2D eigenvalue weighted by molar-refractivity contribution is 6.00. The van der Waals surface area contributed by atoms with E-state index in [0.717, 1.165) is 12.8 Å². The molecule has 4 rings (SSSR count). The van der Waals surface area contributed by atoms with Crippen molar-refractivity contribution in [2.24, 2.45) is 0 Å². The van der Waals surface area contributed by atoms with E-state index in [1.807, 2.05) is 0 Å². The predicted molar refractivity (Wildman–Crippen MR) is 82.7 cm³/mol. The van der Waals surface area contributed by atoms with Crippen LogP contribution in [0.15, 0.2) is 46.6 Å². The molecule has 0 saturated heterocycles. The lowest BCUT2D eigenvalue weighted by atomic mass is 9.82. The number of rotatable bonds is 0. The van der Waals surface area contributed by atoms with E-state index in [4.69, 9.17) is 4.42 Å². The summed E-state index contributed by atoms with van der Waals surface area (Å²) in [7, 11) is 0. The van der Waals surface area contributed by atoms with Gasteiger partial charge in [-0.05, 0) is 62.3 Å². The van der Waals surface area contributed by atoms with Crippen LogP contribution >= 0.6 is 0 Å². The summed E-state index contributed by atoms with van der Waals surface area (Å²) < 4.78 is 6.24. The Balaban J connectivity index is 1.68. The van der Waals surface area contributed by atoms with E-state index in [1.54, 1.807) is 11.1 Å². The second kappa shape index (κ2) is 5.20. The zero-order valence-corrected chi connectivity index (χ0v) is 12.2. The normalized spacial score (nSPS) is 29.2. The SMILES string of the molecule is C1=CC2=CC3=CC(=C4CCCCC4)CCC3[O+]=C2CC1. The summed E-state index contributed by atoms with van der Waals surface area (Å²) in [4.78, 5) is 0. The molecule has 1 heteroatoms. The van der Waals surface area contributed by atoms with Crippen LogP contribution in [0.4, 0.5) is 0 Å². The molecule has 0 N–H and O–H groups in total. The van der Waals surface area contributed by atoms with E-state index < -0.39 is 0 Å². The molecule has 0 radical (unpaired) electrons. The minimum absolute atomic E-state index is 0.327. The molecule has 20 heavy (non-hydrogen) atoms. The molecule has 0 aromatic carbocycles. The van der Waals surface area contributed by atoms with Crippen molar-refractivity contribution in [3.05, 3.63) is 46.6 Å². The van der Waals surface area contributed by atoms with Crippen molar-refractivity contribution >= 4 is 5.78 Å². The molecule has 0 spiro atoms. The number of hydrogen-bond acceptors (Lipinski definition) is 0. The molecule has 0 aromatic rings. The Morgan fingerprint density at radius 3 is 2.75 bits per heavy atom. The molecule has 104 valence electrons. The van der Waals surface area contributed by atoms with Gasteiger partial charge in [-0.2, -0.15) is 0 Å². The molecular formula is C19H23O+. The van der Waals surface area contributed by atoms with Crippen LogP contribution in [0.2, 0.25) is 0 Å². The minimum atomic E-state index is 0.327. The fourth-order valence-corrected chi connectivity index (χ4v) is 3.93. The third-order valence-corrected chi connectivity index (χ3v) is 5.06. The van der Waals surface area contributed by atoms with Gasteiger partial charge in [0.1, 0.15) is 0 Å². The van der Waals surface area contributed by atoms with Crippen molar-refractivity contribution < 1.29 is 4.42 Å². The van der Waals surface area contributed by atoms with Crippen molar-refractivity contribution in [2.45, 2.75) is 63.9 Å². The predicted octanol–water partition coefficient (Wildman–Crippen LogP) is 4.73. The van der Waals surface area contributed by atoms with Gasteiger partial charge in [0.15, 0.2) is 0 Å². The van der Waals surface area contributed by atoms with Gasteiger partial charge >= 0.3 is 5.78 Å². The van der Waals surface area contributed by atoms with Gasteiger partial charge in [-0.25, -0.2) is 0 Å². The molecule has 4 aliphatic rings. The first-order valence-electron chi connectivity index (χ1n) is 8.24. The molecule has 0 bridgehead atoms. The summed E-state index contributed by atoms with van der Waals surface area (Å²) in [6.45, 7) is 0. The number of hydrogen-bond donors (Lipinski definition) is 0. The third-order valence-electron chi connectivity index (χ3n) is 5.06. The second-order valence-electron chi connectivity index (χ2n) is 6.44. The van der Waals surface area contributed by atoms with Crippen LogP contribution in [0.3, 0.4) is 0 Å². The molecule has 1 unspecified atom stereocenters. The maximum absolute atomic E-state index is 6.24. The fourth-order valence-electron chi connectivity index (χ4n) is 3.93. The van der Waals surface area contributed by atoms with Gasteiger partial charge in [0.2, 0.25) is 0 Å². The van der Waals surface area contributed by atoms with Crippen LogP contribution in [0, 0.1) is 0 Å². The summed E-state index contributed by atoms with van der Waals surface area (Å²) in [6.07, 6.45) is 21.1.